The van der Waals surface area contributed by atoms with Crippen molar-refractivity contribution in [1.82, 2.24) is 0 Å². The van der Waals surface area contributed by atoms with Crippen molar-refractivity contribution >= 4 is 5.97 Å². The SMILES string of the molecule is O=C(O)C1(C2CCOCC2)CCCC1. The third kappa shape index (κ3) is 1.54. The second-order valence-corrected chi connectivity index (χ2v) is 4.56. The maximum Gasteiger partial charge on any atom is 0.309 e. The summed E-state index contributed by atoms with van der Waals surface area (Å²) in [4.78, 5) is 11.4. The van der Waals surface area contributed by atoms with E-state index in [1.807, 2.05) is 0 Å². The fourth-order valence-electron chi connectivity index (χ4n) is 3.05. The van der Waals surface area contributed by atoms with Crippen molar-refractivity contribution < 1.29 is 14.6 Å². The van der Waals surface area contributed by atoms with Crippen molar-refractivity contribution in [3.63, 3.8) is 0 Å². The topological polar surface area (TPSA) is 46.5 Å². The zero-order chi connectivity index (χ0) is 10.0. The maximum absolute atomic E-state index is 11.4. The van der Waals surface area contributed by atoms with Gasteiger partial charge in [0.2, 0.25) is 0 Å². The van der Waals surface area contributed by atoms with Crippen LogP contribution in [0, 0.1) is 11.3 Å². The lowest BCUT2D eigenvalue weighted by atomic mass is 9.70. The van der Waals surface area contributed by atoms with Gasteiger partial charge in [-0.05, 0) is 31.6 Å². The average molecular weight is 198 g/mol. The first-order valence-corrected chi connectivity index (χ1v) is 5.57. The minimum atomic E-state index is -0.568. The molecule has 0 aromatic rings. The summed E-state index contributed by atoms with van der Waals surface area (Å²) in [7, 11) is 0. The Hall–Kier alpha value is -0.570. The van der Waals surface area contributed by atoms with Gasteiger partial charge in [-0.1, -0.05) is 12.8 Å². The van der Waals surface area contributed by atoms with Gasteiger partial charge in [0.05, 0.1) is 5.41 Å². The number of carbonyl (C=O) groups is 1. The van der Waals surface area contributed by atoms with Crippen LogP contribution in [0.1, 0.15) is 38.5 Å². The number of rotatable bonds is 2. The van der Waals surface area contributed by atoms with Gasteiger partial charge in [0.25, 0.3) is 0 Å². The molecule has 3 nitrogen and oxygen atoms in total. The molecule has 80 valence electrons. The largest absolute Gasteiger partial charge is 0.481 e. The highest BCUT2D eigenvalue weighted by Crippen LogP contribution is 2.48. The van der Waals surface area contributed by atoms with Crippen LogP contribution in [0.15, 0.2) is 0 Å². The van der Waals surface area contributed by atoms with E-state index in [2.05, 4.69) is 0 Å². The Balaban J connectivity index is 2.12. The molecule has 1 aliphatic carbocycles. The number of hydrogen-bond donors (Lipinski definition) is 1. The van der Waals surface area contributed by atoms with Crippen molar-refractivity contribution in [3.05, 3.63) is 0 Å². The molecule has 14 heavy (non-hydrogen) atoms. The van der Waals surface area contributed by atoms with Gasteiger partial charge in [0.15, 0.2) is 0 Å². The molecule has 2 aliphatic rings. The molecule has 1 N–H and O–H groups in total. The number of hydrogen-bond acceptors (Lipinski definition) is 2. The highest BCUT2D eigenvalue weighted by Gasteiger charge is 2.47. The van der Waals surface area contributed by atoms with Crippen molar-refractivity contribution in [3.8, 4) is 0 Å². The van der Waals surface area contributed by atoms with E-state index >= 15 is 0 Å². The third-order valence-corrected chi connectivity index (χ3v) is 3.92. The van der Waals surface area contributed by atoms with E-state index < -0.39 is 11.4 Å². The Kier molecular flexibility index (Phi) is 2.77. The smallest absolute Gasteiger partial charge is 0.309 e. The van der Waals surface area contributed by atoms with Crippen LogP contribution in [0.3, 0.4) is 0 Å². The highest BCUT2D eigenvalue weighted by atomic mass is 16.5. The summed E-state index contributed by atoms with van der Waals surface area (Å²) in [5.74, 6) is -0.210. The van der Waals surface area contributed by atoms with E-state index in [4.69, 9.17) is 4.74 Å². The fourth-order valence-corrected chi connectivity index (χ4v) is 3.05. The van der Waals surface area contributed by atoms with E-state index in [0.29, 0.717) is 5.92 Å². The van der Waals surface area contributed by atoms with Crippen molar-refractivity contribution in [1.29, 1.82) is 0 Å². The maximum atomic E-state index is 11.4. The molecule has 0 spiro atoms. The molecule has 1 saturated heterocycles. The molecule has 0 radical (unpaired) electrons. The number of ether oxygens (including phenoxy) is 1. The molecule has 0 unspecified atom stereocenters. The van der Waals surface area contributed by atoms with E-state index in [0.717, 1.165) is 51.7 Å². The first-order valence-electron chi connectivity index (χ1n) is 5.57. The molecule has 0 bridgehead atoms. The van der Waals surface area contributed by atoms with Gasteiger partial charge in [-0.15, -0.1) is 0 Å². The lowest BCUT2D eigenvalue weighted by Gasteiger charge is -2.36. The summed E-state index contributed by atoms with van der Waals surface area (Å²) in [5, 5.41) is 9.38. The van der Waals surface area contributed by atoms with Crippen LogP contribution in [-0.4, -0.2) is 24.3 Å². The Morgan fingerprint density at radius 1 is 1.21 bits per heavy atom. The molecule has 0 amide bonds. The lowest BCUT2D eigenvalue weighted by Crippen LogP contribution is -2.39. The second-order valence-electron chi connectivity index (χ2n) is 4.56. The van der Waals surface area contributed by atoms with Crippen LogP contribution < -0.4 is 0 Å². The second kappa shape index (κ2) is 3.89. The van der Waals surface area contributed by atoms with Crippen LogP contribution in [0.5, 0.6) is 0 Å². The Morgan fingerprint density at radius 3 is 2.29 bits per heavy atom. The molecule has 1 saturated carbocycles. The molecule has 2 fully saturated rings. The van der Waals surface area contributed by atoms with E-state index in [1.54, 1.807) is 0 Å². The van der Waals surface area contributed by atoms with E-state index in [-0.39, 0.29) is 0 Å². The van der Waals surface area contributed by atoms with E-state index in [1.165, 1.54) is 0 Å². The van der Waals surface area contributed by atoms with E-state index in [9.17, 15) is 9.90 Å². The Bertz CT molecular complexity index is 213. The Labute approximate surface area is 84.4 Å². The van der Waals surface area contributed by atoms with Gasteiger partial charge in [0, 0.05) is 13.2 Å². The zero-order valence-electron chi connectivity index (χ0n) is 8.50. The molecular weight excluding hydrogens is 180 g/mol. The summed E-state index contributed by atoms with van der Waals surface area (Å²) in [6.45, 7) is 1.50. The van der Waals surface area contributed by atoms with Gasteiger partial charge >= 0.3 is 5.97 Å². The summed E-state index contributed by atoms with van der Waals surface area (Å²) < 4.78 is 5.29. The van der Waals surface area contributed by atoms with Crippen LogP contribution in [-0.2, 0) is 9.53 Å². The summed E-state index contributed by atoms with van der Waals surface area (Å²) in [6.07, 6.45) is 5.81. The summed E-state index contributed by atoms with van der Waals surface area (Å²) in [6, 6.07) is 0. The average Bonchev–Trinajstić information content (AvgIpc) is 2.69. The predicted molar refractivity (Wildman–Crippen MR) is 52.1 cm³/mol. The normalized spacial score (nSPS) is 27.7. The summed E-state index contributed by atoms with van der Waals surface area (Å²) in [5.41, 5.74) is -0.399. The van der Waals surface area contributed by atoms with Gasteiger partial charge < -0.3 is 9.84 Å². The predicted octanol–water partition coefficient (Wildman–Crippen LogP) is 2.06. The lowest BCUT2D eigenvalue weighted by molar-refractivity contribution is -0.154. The number of carboxylic acids is 1. The molecule has 2 rings (SSSR count). The van der Waals surface area contributed by atoms with Crippen LogP contribution in [0.25, 0.3) is 0 Å². The molecule has 0 aromatic carbocycles. The van der Waals surface area contributed by atoms with Crippen LogP contribution in [0.2, 0.25) is 0 Å². The first kappa shape index (κ1) is 9.97. The minimum absolute atomic E-state index is 0.358. The molecule has 0 atom stereocenters. The van der Waals surface area contributed by atoms with Crippen molar-refractivity contribution in [2.24, 2.45) is 11.3 Å². The third-order valence-electron chi connectivity index (χ3n) is 3.92. The monoisotopic (exact) mass is 198 g/mol. The minimum Gasteiger partial charge on any atom is -0.481 e. The van der Waals surface area contributed by atoms with Crippen LogP contribution >= 0.6 is 0 Å². The standard InChI is InChI=1S/C11H18O3/c12-10(13)11(5-1-2-6-11)9-3-7-14-8-4-9/h9H,1-8H2,(H,12,13). The number of aliphatic carboxylic acids is 1. The molecule has 0 aromatic heterocycles. The molecule has 1 heterocycles. The zero-order valence-corrected chi connectivity index (χ0v) is 8.50. The van der Waals surface area contributed by atoms with Crippen LogP contribution in [0.4, 0.5) is 0 Å². The number of carboxylic acid groups (broad SMARTS) is 1. The van der Waals surface area contributed by atoms with Gasteiger partial charge in [-0.25, -0.2) is 0 Å². The molecule has 1 aliphatic heterocycles. The van der Waals surface area contributed by atoms with Crippen molar-refractivity contribution in [2.45, 2.75) is 38.5 Å². The fraction of sp³-hybridized carbons (Fsp3) is 0.909. The quantitative estimate of drug-likeness (QED) is 0.738. The van der Waals surface area contributed by atoms with Gasteiger partial charge in [-0.3, -0.25) is 4.79 Å². The van der Waals surface area contributed by atoms with Gasteiger partial charge in [-0.2, -0.15) is 0 Å². The molecular formula is C11H18O3. The summed E-state index contributed by atoms with van der Waals surface area (Å²) >= 11 is 0. The first-order chi connectivity index (χ1) is 6.76. The Morgan fingerprint density at radius 2 is 1.79 bits per heavy atom. The van der Waals surface area contributed by atoms with Gasteiger partial charge in [0.1, 0.15) is 0 Å². The van der Waals surface area contributed by atoms with Crippen molar-refractivity contribution in [2.75, 3.05) is 13.2 Å². The molecule has 3 heteroatoms. The highest BCUT2D eigenvalue weighted by molar-refractivity contribution is 5.75.